The van der Waals surface area contributed by atoms with Gasteiger partial charge in [-0.3, -0.25) is 0 Å². The highest BCUT2D eigenvalue weighted by Gasteiger charge is 2.12. The van der Waals surface area contributed by atoms with Crippen molar-refractivity contribution in [1.29, 1.82) is 0 Å². The van der Waals surface area contributed by atoms with E-state index in [9.17, 15) is 9.90 Å². The van der Waals surface area contributed by atoms with Gasteiger partial charge < -0.3 is 5.11 Å². The number of halogens is 1. The highest BCUT2D eigenvalue weighted by Crippen LogP contribution is 2.32. The lowest BCUT2D eigenvalue weighted by molar-refractivity contribution is 0.0690. The molecule has 0 bridgehead atoms. The van der Waals surface area contributed by atoms with Crippen molar-refractivity contribution in [2.75, 3.05) is 0 Å². The molecule has 6 heteroatoms. The zero-order valence-corrected chi connectivity index (χ0v) is 13.1. The first-order valence-electron chi connectivity index (χ1n) is 6.06. The number of fused-ring (bicyclic) bond motifs is 1. The minimum Gasteiger partial charge on any atom is -0.477 e. The van der Waals surface area contributed by atoms with Gasteiger partial charge in [-0.2, -0.15) is 0 Å². The summed E-state index contributed by atoms with van der Waals surface area (Å²) in [5, 5.41) is 10.9. The third-order valence-corrected chi connectivity index (χ3v) is 4.29. The number of para-hydroxylation sites is 1. The third kappa shape index (κ3) is 3.06. The fourth-order valence-electron chi connectivity index (χ4n) is 1.87. The SMILES string of the molecule is O=C(O)c1cc(Sc2ccc(Br)cn2)c2ccccc2n1. The molecular weight excluding hydrogens is 352 g/mol. The smallest absolute Gasteiger partial charge is 0.354 e. The van der Waals surface area contributed by atoms with E-state index >= 15 is 0 Å². The van der Waals surface area contributed by atoms with Crippen LogP contribution < -0.4 is 0 Å². The molecule has 0 saturated carbocycles. The molecule has 0 unspecified atom stereocenters. The Morgan fingerprint density at radius 1 is 1.19 bits per heavy atom. The van der Waals surface area contributed by atoms with Crippen LogP contribution in [0.3, 0.4) is 0 Å². The molecule has 2 heterocycles. The lowest BCUT2D eigenvalue weighted by Crippen LogP contribution is -2.01. The van der Waals surface area contributed by atoms with Crippen LogP contribution in [0.15, 0.2) is 63.1 Å². The van der Waals surface area contributed by atoms with Crippen LogP contribution in [0, 0.1) is 0 Å². The summed E-state index contributed by atoms with van der Waals surface area (Å²) >= 11 is 4.76. The molecule has 0 atom stereocenters. The lowest BCUT2D eigenvalue weighted by atomic mass is 10.2. The number of aromatic nitrogens is 2. The molecule has 0 aliphatic carbocycles. The summed E-state index contributed by atoms with van der Waals surface area (Å²) in [6, 6.07) is 12.8. The summed E-state index contributed by atoms with van der Waals surface area (Å²) in [6.45, 7) is 0. The summed E-state index contributed by atoms with van der Waals surface area (Å²) in [5.74, 6) is -1.04. The van der Waals surface area contributed by atoms with E-state index < -0.39 is 5.97 Å². The quantitative estimate of drug-likeness (QED) is 0.756. The van der Waals surface area contributed by atoms with Gasteiger partial charge in [0.25, 0.3) is 0 Å². The van der Waals surface area contributed by atoms with Crippen molar-refractivity contribution >= 4 is 44.6 Å². The highest BCUT2D eigenvalue weighted by molar-refractivity contribution is 9.10. The Balaban J connectivity index is 2.11. The van der Waals surface area contributed by atoms with Crippen molar-refractivity contribution in [3.05, 3.63) is 58.8 Å². The van der Waals surface area contributed by atoms with Gasteiger partial charge in [-0.1, -0.05) is 30.0 Å². The second-order valence-electron chi connectivity index (χ2n) is 4.24. The number of carboxylic acid groups (broad SMARTS) is 1. The van der Waals surface area contributed by atoms with Gasteiger partial charge in [-0.15, -0.1) is 0 Å². The topological polar surface area (TPSA) is 63.1 Å². The Kier molecular flexibility index (Phi) is 3.90. The molecule has 1 N–H and O–H groups in total. The van der Waals surface area contributed by atoms with Crippen LogP contribution in [0.5, 0.6) is 0 Å². The van der Waals surface area contributed by atoms with Gasteiger partial charge in [0.2, 0.25) is 0 Å². The predicted molar refractivity (Wildman–Crippen MR) is 84.8 cm³/mol. The number of nitrogens with zero attached hydrogens (tertiary/aromatic N) is 2. The van der Waals surface area contributed by atoms with Crippen molar-refractivity contribution in [3.63, 3.8) is 0 Å². The summed E-state index contributed by atoms with van der Waals surface area (Å²) in [7, 11) is 0. The zero-order valence-electron chi connectivity index (χ0n) is 10.7. The van der Waals surface area contributed by atoms with E-state index in [0.717, 1.165) is 19.8 Å². The van der Waals surface area contributed by atoms with Gasteiger partial charge in [0.05, 0.1) is 5.52 Å². The molecule has 1 aromatic carbocycles. The number of aromatic carboxylic acids is 1. The largest absolute Gasteiger partial charge is 0.477 e. The molecule has 0 fully saturated rings. The van der Waals surface area contributed by atoms with E-state index in [4.69, 9.17) is 0 Å². The predicted octanol–water partition coefficient (Wildman–Crippen LogP) is 4.24. The van der Waals surface area contributed by atoms with Crippen molar-refractivity contribution in [3.8, 4) is 0 Å². The number of carboxylic acids is 1. The fraction of sp³-hybridized carbons (Fsp3) is 0. The average Bonchev–Trinajstić information content (AvgIpc) is 2.49. The van der Waals surface area contributed by atoms with Crippen LogP contribution in [0.4, 0.5) is 0 Å². The summed E-state index contributed by atoms with van der Waals surface area (Å²) in [5.41, 5.74) is 0.699. The normalized spacial score (nSPS) is 10.7. The number of hydrogen-bond acceptors (Lipinski definition) is 4. The molecule has 0 saturated heterocycles. The minimum atomic E-state index is -1.04. The first-order chi connectivity index (χ1) is 10.1. The summed E-state index contributed by atoms with van der Waals surface area (Å²) < 4.78 is 0.901. The second-order valence-corrected chi connectivity index (χ2v) is 6.22. The van der Waals surface area contributed by atoms with Crippen LogP contribution in [-0.4, -0.2) is 21.0 Å². The number of benzene rings is 1. The Morgan fingerprint density at radius 2 is 2.00 bits per heavy atom. The first-order valence-corrected chi connectivity index (χ1v) is 7.67. The van der Waals surface area contributed by atoms with Crippen molar-refractivity contribution in [2.24, 2.45) is 0 Å². The molecule has 21 heavy (non-hydrogen) atoms. The van der Waals surface area contributed by atoms with Crippen LogP contribution in [0.2, 0.25) is 0 Å². The Morgan fingerprint density at radius 3 is 2.71 bits per heavy atom. The van der Waals surface area contributed by atoms with Gasteiger partial charge >= 0.3 is 5.97 Å². The standard InChI is InChI=1S/C15H9BrN2O2S/c16-9-5-6-14(17-8-9)21-13-7-12(15(19)20)18-11-4-2-1-3-10(11)13/h1-8H,(H,19,20). The third-order valence-electron chi connectivity index (χ3n) is 2.81. The number of rotatable bonds is 3. The molecule has 0 radical (unpaired) electrons. The molecule has 0 amide bonds. The van der Waals surface area contributed by atoms with Crippen LogP contribution >= 0.6 is 27.7 Å². The first kappa shape index (κ1) is 14.0. The van der Waals surface area contributed by atoms with Crippen LogP contribution in [0.25, 0.3) is 10.9 Å². The van der Waals surface area contributed by atoms with Gasteiger partial charge in [0.1, 0.15) is 10.7 Å². The summed E-state index contributed by atoms with van der Waals surface area (Å²) in [6.07, 6.45) is 1.71. The maximum absolute atomic E-state index is 11.2. The molecule has 104 valence electrons. The van der Waals surface area contributed by atoms with E-state index in [2.05, 4.69) is 25.9 Å². The Labute approximate surface area is 133 Å². The molecule has 0 aliphatic heterocycles. The molecule has 3 aromatic rings. The lowest BCUT2D eigenvalue weighted by Gasteiger charge is -2.07. The summed E-state index contributed by atoms with van der Waals surface area (Å²) in [4.78, 5) is 20.5. The Bertz CT molecular complexity index is 822. The van der Waals surface area contributed by atoms with Crippen molar-refractivity contribution in [2.45, 2.75) is 9.92 Å². The Hall–Kier alpha value is -1.92. The van der Waals surface area contributed by atoms with Crippen molar-refractivity contribution in [1.82, 2.24) is 9.97 Å². The number of carbonyl (C=O) groups is 1. The van der Waals surface area contributed by atoms with Gasteiger partial charge in [0, 0.05) is 21.0 Å². The zero-order chi connectivity index (χ0) is 14.8. The van der Waals surface area contributed by atoms with E-state index in [0.29, 0.717) is 5.52 Å². The molecule has 0 spiro atoms. The van der Waals surface area contributed by atoms with Gasteiger partial charge in [-0.05, 0) is 40.2 Å². The maximum Gasteiger partial charge on any atom is 0.354 e. The van der Waals surface area contributed by atoms with Crippen molar-refractivity contribution < 1.29 is 9.90 Å². The maximum atomic E-state index is 11.2. The minimum absolute atomic E-state index is 0.0355. The fourth-order valence-corrected chi connectivity index (χ4v) is 3.03. The highest BCUT2D eigenvalue weighted by atomic mass is 79.9. The monoisotopic (exact) mass is 360 g/mol. The second kappa shape index (κ2) is 5.83. The van der Waals surface area contributed by atoms with Crippen LogP contribution in [0.1, 0.15) is 10.5 Å². The molecule has 2 aromatic heterocycles. The molecular formula is C15H9BrN2O2S. The molecule has 0 aliphatic rings. The van der Waals surface area contributed by atoms with Gasteiger partial charge in [-0.25, -0.2) is 14.8 Å². The number of hydrogen-bond donors (Lipinski definition) is 1. The van der Waals surface area contributed by atoms with Crippen LogP contribution in [-0.2, 0) is 0 Å². The molecule has 3 rings (SSSR count). The van der Waals surface area contributed by atoms with E-state index in [1.54, 1.807) is 18.3 Å². The number of pyridine rings is 2. The van der Waals surface area contributed by atoms with E-state index in [-0.39, 0.29) is 5.69 Å². The van der Waals surface area contributed by atoms with Gasteiger partial charge in [0.15, 0.2) is 0 Å². The average molecular weight is 361 g/mol. The van der Waals surface area contributed by atoms with E-state index in [1.807, 2.05) is 30.3 Å². The molecule has 4 nitrogen and oxygen atoms in total. The van der Waals surface area contributed by atoms with E-state index in [1.165, 1.54) is 11.8 Å².